The van der Waals surface area contributed by atoms with E-state index in [0.717, 1.165) is 31.5 Å². The SMILES string of the molecule is CC(C)C1(N)OC2(O)C3CCCN3CC(Cc3ccccc3)N2C1=O. The van der Waals surface area contributed by atoms with Gasteiger partial charge in [-0.25, -0.2) is 0 Å². The number of hydrogen-bond donors (Lipinski definition) is 2. The highest BCUT2D eigenvalue weighted by molar-refractivity contribution is 5.87. The van der Waals surface area contributed by atoms with E-state index in [2.05, 4.69) is 17.0 Å². The number of aliphatic hydroxyl groups is 1. The van der Waals surface area contributed by atoms with E-state index in [9.17, 15) is 9.90 Å². The Hall–Kier alpha value is -1.47. The van der Waals surface area contributed by atoms with Crippen molar-refractivity contribution in [2.45, 2.75) is 56.8 Å². The molecule has 0 radical (unpaired) electrons. The number of amides is 1. The number of ether oxygens (including phenoxy) is 1. The molecule has 3 N–H and O–H groups in total. The van der Waals surface area contributed by atoms with Gasteiger partial charge in [0.25, 0.3) is 11.8 Å². The normalized spacial score (nSPS) is 38.3. The van der Waals surface area contributed by atoms with E-state index >= 15 is 0 Å². The Labute approximate surface area is 148 Å². The van der Waals surface area contributed by atoms with Crippen molar-refractivity contribution in [1.29, 1.82) is 0 Å². The maximum atomic E-state index is 13.2. The fraction of sp³-hybridized carbons (Fsp3) is 0.632. The molecule has 3 aliphatic rings. The van der Waals surface area contributed by atoms with Gasteiger partial charge in [-0.05, 0) is 31.4 Å². The van der Waals surface area contributed by atoms with Crippen LogP contribution in [0.4, 0.5) is 0 Å². The summed E-state index contributed by atoms with van der Waals surface area (Å²) < 4.78 is 5.96. The Morgan fingerprint density at radius 3 is 2.76 bits per heavy atom. The van der Waals surface area contributed by atoms with Crippen LogP contribution in [0.2, 0.25) is 0 Å². The van der Waals surface area contributed by atoms with Gasteiger partial charge in [0.2, 0.25) is 5.72 Å². The molecule has 0 spiro atoms. The van der Waals surface area contributed by atoms with Crippen molar-refractivity contribution in [3.05, 3.63) is 35.9 Å². The number of piperazine rings is 1. The number of nitrogens with two attached hydrogens (primary N) is 1. The summed E-state index contributed by atoms with van der Waals surface area (Å²) in [4.78, 5) is 17.0. The van der Waals surface area contributed by atoms with Gasteiger partial charge in [0.05, 0.1) is 12.1 Å². The van der Waals surface area contributed by atoms with Crippen molar-refractivity contribution >= 4 is 5.91 Å². The Morgan fingerprint density at radius 2 is 2.08 bits per heavy atom. The zero-order chi connectivity index (χ0) is 17.8. The van der Waals surface area contributed by atoms with Crippen molar-refractivity contribution in [3.8, 4) is 0 Å². The van der Waals surface area contributed by atoms with Crippen LogP contribution in [0.1, 0.15) is 32.3 Å². The molecule has 0 bridgehead atoms. The van der Waals surface area contributed by atoms with E-state index in [1.165, 1.54) is 0 Å². The standard InChI is InChI=1S/C19H27N3O3/c1-13(2)18(20)17(23)22-15(11-14-7-4-3-5-8-14)12-21-10-6-9-16(21)19(22,24)25-18/h3-5,7-8,13,15-16,24H,6,9-12,20H2,1-2H3. The second-order valence-electron chi connectivity index (χ2n) is 7.88. The van der Waals surface area contributed by atoms with E-state index in [-0.39, 0.29) is 23.9 Å². The minimum atomic E-state index is -1.63. The van der Waals surface area contributed by atoms with Crippen LogP contribution in [0, 0.1) is 5.92 Å². The van der Waals surface area contributed by atoms with Crippen LogP contribution in [0.25, 0.3) is 0 Å². The van der Waals surface area contributed by atoms with E-state index in [0.29, 0.717) is 6.42 Å². The van der Waals surface area contributed by atoms with E-state index in [4.69, 9.17) is 10.5 Å². The number of benzene rings is 1. The lowest BCUT2D eigenvalue weighted by Crippen LogP contribution is -2.69. The van der Waals surface area contributed by atoms with Crippen molar-refractivity contribution in [3.63, 3.8) is 0 Å². The Balaban J connectivity index is 1.72. The third-order valence-corrected chi connectivity index (χ3v) is 6.00. The predicted molar refractivity (Wildman–Crippen MR) is 93.2 cm³/mol. The average Bonchev–Trinajstić information content (AvgIpc) is 3.11. The van der Waals surface area contributed by atoms with Crippen molar-refractivity contribution in [1.82, 2.24) is 9.80 Å². The molecule has 25 heavy (non-hydrogen) atoms. The molecule has 0 aliphatic carbocycles. The van der Waals surface area contributed by atoms with Crippen LogP contribution in [0.3, 0.4) is 0 Å². The third-order valence-electron chi connectivity index (χ3n) is 6.00. The lowest BCUT2D eigenvalue weighted by molar-refractivity contribution is -0.325. The fourth-order valence-electron chi connectivity index (χ4n) is 4.56. The van der Waals surface area contributed by atoms with Gasteiger partial charge in [-0.3, -0.25) is 20.3 Å². The first kappa shape index (κ1) is 17.0. The van der Waals surface area contributed by atoms with Crippen LogP contribution in [-0.4, -0.2) is 57.6 Å². The molecule has 1 aromatic carbocycles. The molecule has 4 rings (SSSR count). The highest BCUT2D eigenvalue weighted by atomic mass is 16.7. The van der Waals surface area contributed by atoms with Gasteiger partial charge < -0.3 is 9.84 Å². The van der Waals surface area contributed by atoms with E-state index in [1.807, 2.05) is 32.0 Å². The summed E-state index contributed by atoms with van der Waals surface area (Å²) >= 11 is 0. The number of rotatable bonds is 3. The largest absolute Gasteiger partial charge is 0.347 e. The summed E-state index contributed by atoms with van der Waals surface area (Å²) in [5, 5.41) is 11.4. The number of carbonyl (C=O) groups is 1. The summed E-state index contributed by atoms with van der Waals surface area (Å²) in [6.07, 6.45) is 2.48. The molecule has 3 heterocycles. The molecule has 3 saturated heterocycles. The lowest BCUT2D eigenvalue weighted by Gasteiger charge is -2.49. The van der Waals surface area contributed by atoms with Crippen LogP contribution >= 0.6 is 0 Å². The van der Waals surface area contributed by atoms with Crippen LogP contribution < -0.4 is 5.73 Å². The minimum Gasteiger partial charge on any atom is -0.347 e. The van der Waals surface area contributed by atoms with Gasteiger partial charge in [-0.1, -0.05) is 44.2 Å². The van der Waals surface area contributed by atoms with Gasteiger partial charge in [-0.2, -0.15) is 0 Å². The van der Waals surface area contributed by atoms with Crippen LogP contribution in [0.5, 0.6) is 0 Å². The maximum absolute atomic E-state index is 13.2. The Morgan fingerprint density at radius 1 is 1.36 bits per heavy atom. The van der Waals surface area contributed by atoms with E-state index in [1.54, 1.807) is 4.90 Å². The van der Waals surface area contributed by atoms with Gasteiger partial charge in [0, 0.05) is 12.5 Å². The highest BCUT2D eigenvalue weighted by Gasteiger charge is 2.68. The summed E-state index contributed by atoms with van der Waals surface area (Å²) in [7, 11) is 0. The summed E-state index contributed by atoms with van der Waals surface area (Å²) in [6, 6.07) is 9.71. The maximum Gasteiger partial charge on any atom is 0.274 e. The highest BCUT2D eigenvalue weighted by Crippen LogP contribution is 2.46. The molecule has 1 amide bonds. The molecule has 3 aliphatic heterocycles. The van der Waals surface area contributed by atoms with Gasteiger partial charge in [0.1, 0.15) is 0 Å². The quantitative estimate of drug-likeness (QED) is 0.851. The second kappa shape index (κ2) is 5.77. The molecule has 0 saturated carbocycles. The predicted octanol–water partition coefficient (Wildman–Crippen LogP) is 0.892. The molecule has 4 unspecified atom stereocenters. The Bertz CT molecular complexity index is 667. The molecule has 1 aromatic rings. The fourth-order valence-corrected chi connectivity index (χ4v) is 4.56. The van der Waals surface area contributed by atoms with Gasteiger partial charge >= 0.3 is 0 Å². The zero-order valence-electron chi connectivity index (χ0n) is 14.9. The smallest absolute Gasteiger partial charge is 0.274 e. The zero-order valence-corrected chi connectivity index (χ0v) is 14.9. The molecule has 4 atom stereocenters. The van der Waals surface area contributed by atoms with Crippen molar-refractivity contribution < 1.29 is 14.6 Å². The third kappa shape index (κ3) is 2.43. The molecule has 136 valence electrons. The number of hydrogen-bond acceptors (Lipinski definition) is 5. The van der Waals surface area contributed by atoms with Crippen molar-refractivity contribution in [2.75, 3.05) is 13.1 Å². The first-order valence-electron chi connectivity index (χ1n) is 9.19. The number of fused-ring (bicyclic) bond motifs is 3. The van der Waals surface area contributed by atoms with Crippen LogP contribution in [-0.2, 0) is 16.0 Å². The Kier molecular flexibility index (Phi) is 3.92. The molecule has 0 aromatic heterocycles. The van der Waals surface area contributed by atoms with E-state index < -0.39 is 11.6 Å². The summed E-state index contributed by atoms with van der Waals surface area (Å²) in [5.41, 5.74) is 6.01. The van der Waals surface area contributed by atoms with Gasteiger partial charge in [-0.15, -0.1) is 0 Å². The second-order valence-corrected chi connectivity index (χ2v) is 7.88. The lowest BCUT2D eigenvalue weighted by atomic mass is 9.95. The molecule has 6 nitrogen and oxygen atoms in total. The molecular formula is C19H27N3O3. The monoisotopic (exact) mass is 345 g/mol. The number of carbonyl (C=O) groups excluding carboxylic acids is 1. The average molecular weight is 345 g/mol. The van der Waals surface area contributed by atoms with Crippen molar-refractivity contribution in [2.24, 2.45) is 11.7 Å². The topological polar surface area (TPSA) is 79.0 Å². The first-order valence-corrected chi connectivity index (χ1v) is 9.19. The van der Waals surface area contributed by atoms with Gasteiger partial charge in [0.15, 0.2) is 0 Å². The molecule has 6 heteroatoms. The minimum absolute atomic E-state index is 0.154. The molecular weight excluding hydrogens is 318 g/mol. The summed E-state index contributed by atoms with van der Waals surface area (Å²) in [6.45, 7) is 5.38. The summed E-state index contributed by atoms with van der Waals surface area (Å²) in [5.74, 6) is -2.15. The first-order chi connectivity index (χ1) is 11.9. The van der Waals surface area contributed by atoms with Crippen LogP contribution in [0.15, 0.2) is 30.3 Å². The number of nitrogens with zero attached hydrogens (tertiary/aromatic N) is 2. The molecule has 3 fully saturated rings.